The summed E-state index contributed by atoms with van der Waals surface area (Å²) in [7, 11) is 0. The molecule has 1 aromatic carbocycles. The molecule has 0 radical (unpaired) electrons. The summed E-state index contributed by atoms with van der Waals surface area (Å²) in [5.41, 5.74) is -1.42. The fraction of sp³-hybridized carbons (Fsp3) is 0.529. The van der Waals surface area contributed by atoms with E-state index in [4.69, 9.17) is 4.74 Å². The highest BCUT2D eigenvalue weighted by atomic mass is 16.6. The van der Waals surface area contributed by atoms with Crippen LogP contribution in [0.5, 0.6) is 0 Å². The first kappa shape index (κ1) is 18.1. The Hall–Kier alpha value is -3.24. The lowest BCUT2D eigenvalue weighted by molar-refractivity contribution is -0.394. The maximum atomic E-state index is 12.7. The summed E-state index contributed by atoms with van der Waals surface area (Å²) in [6.07, 6.45) is 2.66. The highest BCUT2D eigenvalue weighted by Gasteiger charge is 2.63. The Balaban J connectivity index is 1.52. The number of amides is 2. The maximum Gasteiger partial charge on any atom is 0.412 e. The van der Waals surface area contributed by atoms with Crippen molar-refractivity contribution in [3.63, 3.8) is 0 Å². The van der Waals surface area contributed by atoms with E-state index in [0.29, 0.717) is 6.54 Å². The number of hydrogen-bond acceptors (Lipinski definition) is 7. The lowest BCUT2D eigenvalue weighted by Gasteiger charge is -2.31. The Labute approximate surface area is 158 Å². The molecule has 28 heavy (non-hydrogen) atoms. The van der Waals surface area contributed by atoms with Crippen LogP contribution in [0.4, 0.5) is 21.9 Å². The molecule has 3 atom stereocenters. The van der Waals surface area contributed by atoms with E-state index < -0.39 is 33.4 Å². The summed E-state index contributed by atoms with van der Waals surface area (Å²) in [5, 5.41) is 24.2. The molecule has 11 heteroatoms. The normalized spacial score (nSPS) is 28.0. The molecule has 4 rings (SSSR count). The molecule has 2 saturated heterocycles. The van der Waals surface area contributed by atoms with E-state index in [1.807, 2.05) is 4.90 Å². The van der Waals surface area contributed by atoms with Crippen LogP contribution in [0, 0.1) is 26.1 Å². The van der Waals surface area contributed by atoms with Gasteiger partial charge in [0.15, 0.2) is 6.10 Å². The molecule has 148 valence electrons. The first-order valence-electron chi connectivity index (χ1n) is 9.05. The Bertz CT molecular complexity index is 852. The molecule has 0 aromatic heterocycles. The summed E-state index contributed by atoms with van der Waals surface area (Å²) >= 11 is 0. The van der Waals surface area contributed by atoms with Gasteiger partial charge in [-0.1, -0.05) is 6.42 Å². The largest absolute Gasteiger partial charge is 0.435 e. The first-order chi connectivity index (χ1) is 13.3. The third-order valence-electron chi connectivity index (χ3n) is 6.02. The molecule has 2 amide bonds. The fourth-order valence-electron chi connectivity index (χ4n) is 4.99. The van der Waals surface area contributed by atoms with Crippen molar-refractivity contribution in [3.8, 4) is 0 Å². The van der Waals surface area contributed by atoms with Crippen LogP contribution in [0.15, 0.2) is 18.2 Å². The topological polar surface area (TPSA) is 145 Å². The van der Waals surface area contributed by atoms with Crippen LogP contribution in [-0.2, 0) is 9.53 Å². The van der Waals surface area contributed by atoms with Gasteiger partial charge < -0.3 is 9.64 Å². The molecule has 0 bridgehead atoms. The van der Waals surface area contributed by atoms with Gasteiger partial charge in [-0.3, -0.25) is 30.3 Å². The van der Waals surface area contributed by atoms with Crippen molar-refractivity contribution in [2.24, 2.45) is 5.92 Å². The van der Waals surface area contributed by atoms with Crippen molar-refractivity contribution < 1.29 is 24.2 Å². The molecule has 3 aliphatic rings. The predicted molar refractivity (Wildman–Crippen MR) is 94.7 cm³/mol. The van der Waals surface area contributed by atoms with E-state index in [0.717, 1.165) is 50.3 Å². The minimum atomic E-state index is -0.962. The minimum absolute atomic E-state index is 0.0623. The molecule has 0 unspecified atom stereocenters. The Morgan fingerprint density at radius 1 is 1.14 bits per heavy atom. The first-order valence-corrected chi connectivity index (χ1v) is 9.05. The fourth-order valence-corrected chi connectivity index (χ4v) is 4.99. The van der Waals surface area contributed by atoms with Crippen LogP contribution in [0.2, 0.25) is 0 Å². The van der Waals surface area contributed by atoms with Gasteiger partial charge in [-0.25, -0.2) is 4.79 Å². The number of nitro groups is 2. The highest BCUT2D eigenvalue weighted by molar-refractivity contribution is 5.91. The molecular weight excluding hydrogens is 372 g/mol. The molecule has 1 aromatic rings. The zero-order chi connectivity index (χ0) is 20.1. The van der Waals surface area contributed by atoms with Crippen LogP contribution in [0.3, 0.4) is 0 Å². The second-order valence-electron chi connectivity index (χ2n) is 7.40. The van der Waals surface area contributed by atoms with Crippen molar-refractivity contribution in [1.82, 2.24) is 4.90 Å². The number of ether oxygens (including phenoxy) is 1. The number of hydrogen-bond donors (Lipinski definition) is 1. The maximum absolute atomic E-state index is 12.7. The molecular formula is C17H18N4O7. The van der Waals surface area contributed by atoms with Gasteiger partial charge in [0.25, 0.3) is 17.3 Å². The number of non-ortho nitro benzene ring substituents is 2. The van der Waals surface area contributed by atoms with E-state index in [2.05, 4.69) is 5.32 Å². The second-order valence-corrected chi connectivity index (χ2v) is 7.40. The number of rotatable bonds is 4. The minimum Gasteiger partial charge on any atom is -0.435 e. The number of nitrogens with one attached hydrogen (secondary N) is 1. The molecule has 1 N–H and O–H groups in total. The zero-order valence-electron chi connectivity index (χ0n) is 14.8. The number of anilines is 1. The van der Waals surface area contributed by atoms with E-state index in [-0.39, 0.29) is 23.1 Å². The lowest BCUT2D eigenvalue weighted by Crippen LogP contribution is -2.41. The van der Waals surface area contributed by atoms with E-state index in [9.17, 15) is 29.8 Å². The van der Waals surface area contributed by atoms with Gasteiger partial charge in [-0.05, 0) is 25.7 Å². The summed E-state index contributed by atoms with van der Waals surface area (Å²) in [6, 6.07) is 2.80. The third-order valence-corrected chi connectivity index (χ3v) is 6.02. The van der Waals surface area contributed by atoms with Crippen LogP contribution in [-0.4, -0.2) is 44.9 Å². The van der Waals surface area contributed by atoms with Crippen molar-refractivity contribution in [2.45, 2.75) is 43.7 Å². The van der Waals surface area contributed by atoms with Gasteiger partial charge in [-0.2, -0.15) is 0 Å². The van der Waals surface area contributed by atoms with Gasteiger partial charge in [-0.15, -0.1) is 0 Å². The van der Waals surface area contributed by atoms with E-state index in [1.54, 1.807) is 0 Å². The molecule has 11 nitrogen and oxygen atoms in total. The second kappa shape index (κ2) is 6.43. The van der Waals surface area contributed by atoms with E-state index >= 15 is 0 Å². The van der Waals surface area contributed by atoms with Crippen molar-refractivity contribution in [2.75, 3.05) is 11.9 Å². The van der Waals surface area contributed by atoms with Crippen LogP contribution < -0.4 is 5.32 Å². The monoisotopic (exact) mass is 390 g/mol. The standard InChI is InChI=1S/C17H18N4O7/c22-15-14(13-3-1-4-17(13)5-2-6-19(15)17)28-16(23)18-10-7-11(20(24)25)9-12(8-10)21(26)27/h7-9,13-14H,1-6H2,(H,18,23)/t13-,14+,17+/m1/s1. The zero-order valence-corrected chi connectivity index (χ0v) is 14.8. The lowest BCUT2D eigenvalue weighted by atomic mass is 9.85. The number of benzene rings is 1. The van der Waals surface area contributed by atoms with Crippen molar-refractivity contribution in [3.05, 3.63) is 38.4 Å². The summed E-state index contributed by atoms with van der Waals surface area (Å²) in [6.45, 7) is 0.661. The van der Waals surface area contributed by atoms with Gasteiger partial charge in [0.1, 0.15) is 0 Å². The highest BCUT2D eigenvalue weighted by Crippen LogP contribution is 2.54. The number of nitro benzene ring substituents is 2. The van der Waals surface area contributed by atoms with Crippen LogP contribution in [0.25, 0.3) is 0 Å². The SMILES string of the molecule is O=C(Nc1cc([N+](=O)[O-])cc([N+](=O)[O-])c1)O[C@@H]1C(=O)N2CCC[C@]23CCC[C@H]13. The van der Waals surface area contributed by atoms with Crippen molar-refractivity contribution >= 4 is 29.1 Å². The molecule has 1 saturated carbocycles. The van der Waals surface area contributed by atoms with Gasteiger partial charge in [0.2, 0.25) is 0 Å². The smallest absolute Gasteiger partial charge is 0.412 e. The molecule has 3 fully saturated rings. The quantitative estimate of drug-likeness (QED) is 0.614. The average Bonchev–Trinajstić information content (AvgIpc) is 3.30. The van der Waals surface area contributed by atoms with Gasteiger partial charge in [0.05, 0.1) is 21.6 Å². The molecule has 2 aliphatic heterocycles. The Kier molecular flexibility index (Phi) is 4.16. The Morgan fingerprint density at radius 3 is 2.43 bits per heavy atom. The van der Waals surface area contributed by atoms with E-state index in [1.165, 1.54) is 0 Å². The Morgan fingerprint density at radius 2 is 1.79 bits per heavy atom. The van der Waals surface area contributed by atoms with Crippen LogP contribution in [0.1, 0.15) is 32.1 Å². The molecule has 1 spiro atoms. The number of nitrogens with zero attached hydrogens (tertiary/aromatic N) is 3. The van der Waals surface area contributed by atoms with Gasteiger partial charge >= 0.3 is 6.09 Å². The summed E-state index contributed by atoms with van der Waals surface area (Å²) in [5.74, 6) is -0.268. The average molecular weight is 390 g/mol. The van der Waals surface area contributed by atoms with Gasteiger partial charge in [0, 0.05) is 30.1 Å². The number of carbonyl (C=O) groups is 2. The number of carbonyl (C=O) groups excluding carboxylic acids is 2. The molecule has 2 heterocycles. The summed E-state index contributed by atoms with van der Waals surface area (Å²) in [4.78, 5) is 47.2. The molecule has 1 aliphatic carbocycles. The van der Waals surface area contributed by atoms with Crippen molar-refractivity contribution in [1.29, 1.82) is 0 Å². The summed E-state index contributed by atoms with van der Waals surface area (Å²) < 4.78 is 5.39. The predicted octanol–water partition coefficient (Wildman–Crippen LogP) is 2.60. The van der Waals surface area contributed by atoms with Crippen LogP contribution >= 0.6 is 0 Å². The third kappa shape index (κ3) is 2.74.